The van der Waals surface area contributed by atoms with E-state index in [0.29, 0.717) is 0 Å². The highest BCUT2D eigenvalue weighted by molar-refractivity contribution is 7.91. The van der Waals surface area contributed by atoms with Crippen LogP contribution in [0.3, 0.4) is 0 Å². The lowest BCUT2D eigenvalue weighted by atomic mass is 10.6. The fourth-order valence-electron chi connectivity index (χ4n) is 1.49. The van der Waals surface area contributed by atoms with Crippen molar-refractivity contribution in [1.29, 1.82) is 0 Å². The molecule has 0 spiro atoms. The summed E-state index contributed by atoms with van der Waals surface area (Å²) >= 11 is 1.27. The van der Waals surface area contributed by atoms with Crippen molar-refractivity contribution >= 4 is 29.0 Å². The van der Waals surface area contributed by atoms with E-state index in [9.17, 15) is 0 Å². The van der Waals surface area contributed by atoms with E-state index in [-0.39, 0.29) is 0 Å². The summed E-state index contributed by atoms with van der Waals surface area (Å²) in [5.41, 5.74) is 0. The molecule has 2 nitrogen and oxygen atoms in total. The molecule has 0 heterocycles. The second-order valence-electron chi connectivity index (χ2n) is 5.25. The zero-order chi connectivity index (χ0) is 11.9. The molecule has 0 aliphatic carbocycles. The second-order valence-corrected chi connectivity index (χ2v) is 14.8. The minimum absolute atomic E-state index is 1.20. The third-order valence-electron chi connectivity index (χ3n) is 2.22. The van der Waals surface area contributed by atoms with Crippen molar-refractivity contribution in [2.45, 2.75) is 65.0 Å². The Morgan fingerprint density at radius 1 is 0.800 bits per heavy atom. The van der Waals surface area contributed by atoms with Crippen molar-refractivity contribution in [3.8, 4) is 0 Å². The molecule has 0 fully saturated rings. The van der Waals surface area contributed by atoms with Crippen LogP contribution in [0, 0.1) is 0 Å². The van der Waals surface area contributed by atoms with Crippen LogP contribution in [0.1, 0.15) is 26.7 Å². The average molecular weight is 267 g/mol. The summed E-state index contributed by atoms with van der Waals surface area (Å²) in [6.07, 6.45) is 2.41. The predicted octanol–water partition coefficient (Wildman–Crippen LogP) is 4.81. The Bertz CT molecular complexity index is 157. The summed E-state index contributed by atoms with van der Waals surface area (Å²) in [5, 5.41) is 0. The molecule has 0 atom stereocenters. The Morgan fingerprint density at radius 2 is 1.13 bits per heavy atom. The minimum Gasteiger partial charge on any atom is -0.337 e. The highest BCUT2D eigenvalue weighted by Gasteiger charge is 2.26. The quantitative estimate of drug-likeness (QED) is 0.464. The van der Waals surface area contributed by atoms with Crippen molar-refractivity contribution in [2.24, 2.45) is 0 Å². The standard InChI is InChI=1S/C10H26O2SSi2/c1-7-9-14(3,4)11-13-12-15(5,6)10-8-2/h7-10H2,1-6H3. The summed E-state index contributed by atoms with van der Waals surface area (Å²) in [4.78, 5) is 0. The Morgan fingerprint density at radius 3 is 1.40 bits per heavy atom. The second kappa shape index (κ2) is 7.11. The Kier molecular flexibility index (Phi) is 7.45. The Hall–Kier alpha value is 0.704. The van der Waals surface area contributed by atoms with E-state index in [2.05, 4.69) is 40.0 Å². The molecule has 0 radical (unpaired) electrons. The molecule has 0 aliphatic heterocycles. The monoisotopic (exact) mass is 266 g/mol. The van der Waals surface area contributed by atoms with Gasteiger partial charge < -0.3 is 7.74 Å². The molecule has 0 aromatic carbocycles. The summed E-state index contributed by atoms with van der Waals surface area (Å²) in [6.45, 7) is 13.4. The molecule has 0 rings (SSSR count). The molecular weight excluding hydrogens is 240 g/mol. The zero-order valence-electron chi connectivity index (χ0n) is 11.1. The maximum atomic E-state index is 5.82. The highest BCUT2D eigenvalue weighted by atomic mass is 32.2. The van der Waals surface area contributed by atoms with Crippen molar-refractivity contribution in [3.63, 3.8) is 0 Å². The normalized spacial score (nSPS) is 13.2. The van der Waals surface area contributed by atoms with Crippen LogP contribution in [0.25, 0.3) is 0 Å². The van der Waals surface area contributed by atoms with Crippen LogP contribution in [-0.4, -0.2) is 16.6 Å². The van der Waals surface area contributed by atoms with E-state index >= 15 is 0 Å². The summed E-state index contributed by atoms with van der Waals surface area (Å²) < 4.78 is 11.6. The van der Waals surface area contributed by atoms with Crippen LogP contribution in [-0.2, 0) is 7.74 Å². The summed E-state index contributed by atoms with van der Waals surface area (Å²) in [7, 11) is -2.93. The summed E-state index contributed by atoms with van der Waals surface area (Å²) in [6, 6.07) is 2.41. The highest BCUT2D eigenvalue weighted by Crippen LogP contribution is 2.26. The zero-order valence-corrected chi connectivity index (χ0v) is 13.9. The van der Waals surface area contributed by atoms with Gasteiger partial charge in [0.05, 0.1) is 0 Å². The largest absolute Gasteiger partial charge is 0.337 e. The van der Waals surface area contributed by atoms with E-state index in [1.807, 2.05) is 0 Å². The molecule has 0 amide bonds. The first-order valence-electron chi connectivity index (χ1n) is 5.86. The van der Waals surface area contributed by atoms with Crippen molar-refractivity contribution in [2.75, 3.05) is 0 Å². The van der Waals surface area contributed by atoms with Gasteiger partial charge in [-0.05, 0) is 38.3 Å². The maximum Gasteiger partial charge on any atom is 0.208 e. The molecule has 0 N–H and O–H groups in total. The van der Waals surface area contributed by atoms with Crippen LogP contribution >= 0.6 is 12.3 Å². The van der Waals surface area contributed by atoms with Gasteiger partial charge in [0, 0.05) is 0 Å². The van der Waals surface area contributed by atoms with Crippen LogP contribution in [0.15, 0.2) is 0 Å². The Labute approximate surface area is 102 Å². The van der Waals surface area contributed by atoms with Crippen LogP contribution in [0.4, 0.5) is 0 Å². The predicted molar refractivity (Wildman–Crippen MR) is 74.9 cm³/mol. The number of rotatable bonds is 8. The van der Waals surface area contributed by atoms with Gasteiger partial charge in [-0.3, -0.25) is 0 Å². The van der Waals surface area contributed by atoms with Gasteiger partial charge in [0.2, 0.25) is 16.6 Å². The number of hydrogen-bond acceptors (Lipinski definition) is 3. The summed E-state index contributed by atoms with van der Waals surface area (Å²) in [5.74, 6) is 0. The molecule has 15 heavy (non-hydrogen) atoms. The lowest BCUT2D eigenvalue weighted by molar-refractivity contribution is 0.528. The smallest absolute Gasteiger partial charge is 0.208 e. The third kappa shape index (κ3) is 8.50. The first kappa shape index (κ1) is 15.7. The number of hydrogen-bond donors (Lipinski definition) is 0. The van der Waals surface area contributed by atoms with Crippen molar-refractivity contribution in [3.05, 3.63) is 0 Å². The molecule has 5 heteroatoms. The van der Waals surface area contributed by atoms with Gasteiger partial charge in [0.15, 0.2) is 0 Å². The molecule has 0 bridgehead atoms. The van der Waals surface area contributed by atoms with E-state index in [0.717, 1.165) is 0 Å². The fourth-order valence-corrected chi connectivity index (χ4v) is 6.48. The molecule has 0 aromatic heterocycles. The molecule has 0 saturated heterocycles. The van der Waals surface area contributed by atoms with E-state index in [1.165, 1.54) is 37.3 Å². The van der Waals surface area contributed by atoms with Crippen LogP contribution in [0.5, 0.6) is 0 Å². The maximum absolute atomic E-state index is 5.82. The van der Waals surface area contributed by atoms with Gasteiger partial charge in [0.1, 0.15) is 12.3 Å². The molecule has 0 aliphatic rings. The van der Waals surface area contributed by atoms with E-state index in [1.54, 1.807) is 0 Å². The van der Waals surface area contributed by atoms with Gasteiger partial charge in [-0.2, -0.15) is 0 Å². The van der Waals surface area contributed by atoms with Crippen LogP contribution < -0.4 is 0 Å². The first-order valence-corrected chi connectivity index (χ1v) is 12.8. The molecule has 92 valence electrons. The SMILES string of the molecule is CCC[Si](C)(C)OSO[Si](C)(C)CCC. The van der Waals surface area contributed by atoms with E-state index in [4.69, 9.17) is 7.74 Å². The van der Waals surface area contributed by atoms with Gasteiger partial charge in [0.25, 0.3) is 0 Å². The lowest BCUT2D eigenvalue weighted by Crippen LogP contribution is -2.31. The van der Waals surface area contributed by atoms with Crippen LogP contribution in [0.2, 0.25) is 38.3 Å². The minimum atomic E-state index is -1.47. The first-order chi connectivity index (χ1) is 6.83. The van der Waals surface area contributed by atoms with Gasteiger partial charge in [-0.25, -0.2) is 0 Å². The van der Waals surface area contributed by atoms with E-state index < -0.39 is 16.6 Å². The third-order valence-corrected chi connectivity index (χ3v) is 9.79. The van der Waals surface area contributed by atoms with Gasteiger partial charge in [-0.15, -0.1) is 0 Å². The van der Waals surface area contributed by atoms with Gasteiger partial charge >= 0.3 is 0 Å². The Balaban J connectivity index is 3.77. The molecule has 0 unspecified atom stereocenters. The van der Waals surface area contributed by atoms with Crippen molar-refractivity contribution in [1.82, 2.24) is 0 Å². The average Bonchev–Trinajstić information content (AvgIpc) is 2.02. The fraction of sp³-hybridized carbons (Fsp3) is 1.00. The van der Waals surface area contributed by atoms with Gasteiger partial charge in [-0.1, -0.05) is 26.7 Å². The van der Waals surface area contributed by atoms with Crippen molar-refractivity contribution < 1.29 is 7.74 Å². The lowest BCUT2D eigenvalue weighted by Gasteiger charge is -2.24. The molecule has 0 aromatic rings. The topological polar surface area (TPSA) is 18.5 Å². The molecule has 0 saturated carbocycles. The molecular formula is C10H26O2SSi2.